The van der Waals surface area contributed by atoms with E-state index in [2.05, 4.69) is 26.7 Å². The second-order valence-corrected chi connectivity index (χ2v) is 4.37. The largest absolute Gasteiger partial charge is 0.395 e. The molecule has 0 saturated heterocycles. The highest BCUT2D eigenvalue weighted by molar-refractivity contribution is 7.07. The van der Waals surface area contributed by atoms with E-state index in [0.29, 0.717) is 17.0 Å². The molecule has 5 nitrogen and oxygen atoms in total. The lowest BCUT2D eigenvalue weighted by atomic mass is 10.2. The van der Waals surface area contributed by atoms with Gasteiger partial charge in [0, 0.05) is 17.7 Å². The Kier molecular flexibility index (Phi) is 4.61. The summed E-state index contributed by atoms with van der Waals surface area (Å²) in [5.41, 5.74) is 1.53. The Bertz CT molecular complexity index is 597. The topological polar surface area (TPSA) is 75.1 Å². The predicted molar refractivity (Wildman–Crippen MR) is 72.9 cm³/mol. The second kappa shape index (κ2) is 6.64. The van der Waals surface area contributed by atoms with E-state index in [-0.39, 0.29) is 12.5 Å². The zero-order chi connectivity index (χ0) is 13.5. The van der Waals surface area contributed by atoms with Crippen LogP contribution in [0.15, 0.2) is 30.5 Å². The summed E-state index contributed by atoms with van der Waals surface area (Å²) < 4.78 is 3.63. The molecular weight excluding hydrogens is 262 g/mol. The molecule has 0 aliphatic heterocycles. The lowest BCUT2D eigenvalue weighted by Crippen LogP contribution is -2.09. The first-order valence-corrected chi connectivity index (χ1v) is 6.35. The monoisotopic (exact) mass is 273 g/mol. The van der Waals surface area contributed by atoms with E-state index in [4.69, 9.17) is 5.11 Å². The van der Waals surface area contributed by atoms with E-state index in [9.17, 15) is 4.79 Å². The van der Waals surface area contributed by atoms with Gasteiger partial charge in [0.1, 0.15) is 4.88 Å². The summed E-state index contributed by atoms with van der Waals surface area (Å²) in [6.45, 7) is 0.0595. The van der Waals surface area contributed by atoms with Crippen molar-refractivity contribution < 1.29 is 9.90 Å². The number of aromatic nitrogens is 2. The zero-order valence-electron chi connectivity index (χ0n) is 9.96. The van der Waals surface area contributed by atoms with Crippen LogP contribution in [0.25, 0.3) is 0 Å². The van der Waals surface area contributed by atoms with Gasteiger partial charge in [-0.2, -0.15) is 0 Å². The number of hydrogen-bond donors (Lipinski definition) is 2. The van der Waals surface area contributed by atoms with Crippen molar-refractivity contribution in [2.45, 2.75) is 6.42 Å². The molecule has 0 bridgehead atoms. The van der Waals surface area contributed by atoms with Crippen molar-refractivity contribution in [3.63, 3.8) is 0 Å². The van der Waals surface area contributed by atoms with Gasteiger partial charge in [0.05, 0.1) is 12.8 Å². The molecule has 0 spiro atoms. The Balaban J connectivity index is 1.99. The lowest BCUT2D eigenvalue weighted by Gasteiger charge is -2.02. The molecule has 0 unspecified atom stereocenters. The number of hydrogen-bond acceptors (Lipinski definition) is 5. The average molecular weight is 273 g/mol. The number of anilines is 1. The van der Waals surface area contributed by atoms with E-state index in [1.54, 1.807) is 12.1 Å². The molecule has 0 fully saturated rings. The molecule has 1 heterocycles. The highest BCUT2D eigenvalue weighted by atomic mass is 32.1. The molecule has 2 N–H and O–H groups in total. The Labute approximate surface area is 114 Å². The van der Waals surface area contributed by atoms with Crippen molar-refractivity contribution in [2.75, 3.05) is 11.9 Å². The maximum Gasteiger partial charge on any atom is 0.269 e. The molecule has 6 heteroatoms. The summed E-state index contributed by atoms with van der Waals surface area (Å²) in [5.74, 6) is 5.52. The number of carbonyl (C=O) groups is 1. The fourth-order valence-electron chi connectivity index (χ4n) is 1.32. The number of benzene rings is 1. The van der Waals surface area contributed by atoms with Crippen LogP contribution in [0.4, 0.5) is 5.69 Å². The van der Waals surface area contributed by atoms with Crippen molar-refractivity contribution in [1.82, 2.24) is 9.59 Å². The standard InChI is InChI=1S/C13H11N3O2S/c17-8-2-1-3-10-4-6-11(7-5-10)15-13(18)12-9-14-16-19-12/h4-7,9,17H,2,8H2,(H,15,18). The fraction of sp³-hybridized carbons (Fsp3) is 0.154. The molecule has 1 aromatic carbocycles. The highest BCUT2D eigenvalue weighted by Gasteiger charge is 2.08. The number of nitrogens with one attached hydrogen (secondary N) is 1. The summed E-state index contributed by atoms with van der Waals surface area (Å²) in [6.07, 6.45) is 1.88. The third kappa shape index (κ3) is 3.88. The van der Waals surface area contributed by atoms with Crippen LogP contribution in [0.2, 0.25) is 0 Å². The van der Waals surface area contributed by atoms with Crippen molar-refractivity contribution >= 4 is 23.1 Å². The number of rotatable bonds is 3. The molecule has 19 heavy (non-hydrogen) atoms. The summed E-state index contributed by atoms with van der Waals surface area (Å²) in [5, 5.41) is 15.0. The second-order valence-electron chi connectivity index (χ2n) is 3.59. The molecule has 2 rings (SSSR count). The van der Waals surface area contributed by atoms with Gasteiger partial charge in [0.25, 0.3) is 5.91 Å². The molecule has 0 saturated carbocycles. The smallest absolute Gasteiger partial charge is 0.269 e. The first-order valence-electron chi connectivity index (χ1n) is 5.58. The molecule has 0 radical (unpaired) electrons. The first-order chi connectivity index (χ1) is 9.29. The third-order valence-electron chi connectivity index (χ3n) is 2.20. The van der Waals surface area contributed by atoms with Gasteiger partial charge < -0.3 is 10.4 Å². The van der Waals surface area contributed by atoms with Crippen LogP contribution in [0.5, 0.6) is 0 Å². The normalized spacial score (nSPS) is 9.53. The predicted octanol–water partition coefficient (Wildman–Crippen LogP) is 1.52. The number of nitrogens with zero attached hydrogens (tertiary/aromatic N) is 2. The summed E-state index contributed by atoms with van der Waals surface area (Å²) in [6, 6.07) is 7.17. The van der Waals surface area contributed by atoms with Gasteiger partial charge in [-0.1, -0.05) is 16.3 Å². The van der Waals surface area contributed by atoms with Gasteiger partial charge in [-0.25, -0.2) is 0 Å². The first kappa shape index (κ1) is 13.2. The average Bonchev–Trinajstić information content (AvgIpc) is 2.95. The van der Waals surface area contributed by atoms with E-state index in [0.717, 1.165) is 17.1 Å². The van der Waals surface area contributed by atoms with Gasteiger partial charge in [-0.15, -0.1) is 5.10 Å². The van der Waals surface area contributed by atoms with Crippen LogP contribution in [0.3, 0.4) is 0 Å². The maximum atomic E-state index is 11.7. The van der Waals surface area contributed by atoms with Crippen LogP contribution >= 0.6 is 11.5 Å². The third-order valence-corrected chi connectivity index (χ3v) is 2.86. The molecular formula is C13H11N3O2S. The SMILES string of the molecule is O=C(Nc1ccc(C#CCCO)cc1)c1cnns1. The van der Waals surface area contributed by atoms with Gasteiger partial charge in [-0.3, -0.25) is 4.79 Å². The summed E-state index contributed by atoms with van der Waals surface area (Å²) in [7, 11) is 0. The number of amides is 1. The Morgan fingerprint density at radius 2 is 2.16 bits per heavy atom. The van der Waals surface area contributed by atoms with E-state index < -0.39 is 0 Å². The van der Waals surface area contributed by atoms with Crippen molar-refractivity contribution in [1.29, 1.82) is 0 Å². The Hall–Kier alpha value is -2.23. The van der Waals surface area contributed by atoms with Crippen LogP contribution in [0.1, 0.15) is 21.7 Å². The quantitative estimate of drug-likeness (QED) is 0.831. The minimum atomic E-state index is -0.228. The van der Waals surface area contributed by atoms with Gasteiger partial charge in [-0.05, 0) is 35.8 Å². The number of aliphatic hydroxyl groups is 1. The number of carbonyl (C=O) groups excluding carboxylic acids is 1. The molecule has 0 atom stereocenters. The van der Waals surface area contributed by atoms with Gasteiger partial charge in [0.15, 0.2) is 0 Å². The van der Waals surface area contributed by atoms with Gasteiger partial charge in [0.2, 0.25) is 0 Å². The molecule has 1 aromatic heterocycles. The zero-order valence-corrected chi connectivity index (χ0v) is 10.8. The Morgan fingerprint density at radius 1 is 1.37 bits per heavy atom. The van der Waals surface area contributed by atoms with Crippen molar-refractivity contribution in [3.8, 4) is 11.8 Å². The van der Waals surface area contributed by atoms with Crippen LogP contribution in [-0.2, 0) is 0 Å². The van der Waals surface area contributed by atoms with Crippen LogP contribution in [0, 0.1) is 11.8 Å². The maximum absolute atomic E-state index is 11.7. The summed E-state index contributed by atoms with van der Waals surface area (Å²) >= 11 is 1.05. The summed E-state index contributed by atoms with van der Waals surface area (Å²) in [4.78, 5) is 12.2. The molecule has 0 aliphatic carbocycles. The lowest BCUT2D eigenvalue weighted by molar-refractivity contribution is 0.103. The minimum Gasteiger partial charge on any atom is -0.395 e. The van der Waals surface area contributed by atoms with E-state index in [1.807, 2.05) is 12.1 Å². The Morgan fingerprint density at radius 3 is 2.79 bits per heavy atom. The minimum absolute atomic E-state index is 0.0595. The van der Waals surface area contributed by atoms with E-state index >= 15 is 0 Å². The highest BCUT2D eigenvalue weighted by Crippen LogP contribution is 2.11. The van der Waals surface area contributed by atoms with E-state index in [1.165, 1.54) is 6.20 Å². The molecule has 1 amide bonds. The molecule has 0 aliphatic rings. The van der Waals surface area contributed by atoms with Crippen molar-refractivity contribution in [2.24, 2.45) is 0 Å². The fourth-order valence-corrected chi connectivity index (χ4v) is 1.73. The van der Waals surface area contributed by atoms with Crippen LogP contribution < -0.4 is 5.32 Å². The number of aliphatic hydroxyl groups excluding tert-OH is 1. The molecule has 2 aromatic rings. The van der Waals surface area contributed by atoms with Gasteiger partial charge >= 0.3 is 0 Å². The van der Waals surface area contributed by atoms with Crippen LogP contribution in [-0.4, -0.2) is 27.2 Å². The molecule has 96 valence electrons. The van der Waals surface area contributed by atoms with Crippen molar-refractivity contribution in [3.05, 3.63) is 40.9 Å².